The van der Waals surface area contributed by atoms with Gasteiger partial charge in [0.1, 0.15) is 5.70 Å². The Bertz CT molecular complexity index is 904. The van der Waals surface area contributed by atoms with Gasteiger partial charge in [0.25, 0.3) is 17.5 Å². The predicted octanol–water partition coefficient (Wildman–Crippen LogP) is 0.605. The molecule has 0 aliphatic carbocycles. The zero-order valence-electron chi connectivity index (χ0n) is 14.5. The molecule has 0 aliphatic rings. The number of nitrogens with one attached hydrogen (secondary N) is 2. The Balaban J connectivity index is 2.20. The number of nitro benzene ring substituents is 1. The maximum Gasteiger partial charge on any atom is 0.291 e. The number of carbonyl (C=O) groups is 3. The number of amides is 2. The number of nitrogens with zero attached hydrogens (tertiary/aromatic N) is 1. The molecule has 0 fully saturated rings. The zero-order chi connectivity index (χ0) is 20.5. The summed E-state index contributed by atoms with van der Waals surface area (Å²) in [4.78, 5) is 45.3. The van der Waals surface area contributed by atoms with Gasteiger partial charge in [0.2, 0.25) is 0 Å². The van der Waals surface area contributed by atoms with E-state index in [9.17, 15) is 29.6 Å². The van der Waals surface area contributed by atoms with Crippen molar-refractivity contribution in [2.24, 2.45) is 0 Å². The van der Waals surface area contributed by atoms with Crippen molar-refractivity contribution in [1.82, 2.24) is 10.6 Å². The number of carboxylic acid groups (broad SMARTS) is 1. The molecule has 0 radical (unpaired) electrons. The third-order valence-corrected chi connectivity index (χ3v) is 3.47. The van der Waals surface area contributed by atoms with Gasteiger partial charge in [0.05, 0.1) is 11.2 Å². The van der Waals surface area contributed by atoms with Crippen LogP contribution in [0, 0.1) is 10.1 Å². The molecule has 1 heterocycles. The van der Waals surface area contributed by atoms with Crippen molar-refractivity contribution in [1.29, 1.82) is 0 Å². The number of rotatable bonds is 9. The number of hydrogen-bond acceptors (Lipinski definition) is 7. The van der Waals surface area contributed by atoms with Crippen molar-refractivity contribution in [2.75, 3.05) is 6.54 Å². The number of furan rings is 1. The van der Waals surface area contributed by atoms with E-state index in [0.717, 1.165) is 0 Å². The molecular weight excluding hydrogens is 370 g/mol. The van der Waals surface area contributed by atoms with Crippen molar-refractivity contribution in [3.63, 3.8) is 0 Å². The number of non-ortho nitro benzene ring substituents is 1. The molecule has 0 unspecified atom stereocenters. The zero-order valence-corrected chi connectivity index (χ0v) is 14.5. The quantitative estimate of drug-likeness (QED) is 0.277. The number of carboxylic acids is 1. The van der Waals surface area contributed by atoms with E-state index in [1.54, 1.807) is 0 Å². The van der Waals surface area contributed by atoms with Gasteiger partial charge in [-0.15, -0.1) is 0 Å². The van der Waals surface area contributed by atoms with Crippen LogP contribution in [-0.2, 0) is 9.59 Å². The molecule has 0 spiro atoms. The summed E-state index contributed by atoms with van der Waals surface area (Å²) in [6, 6.07) is 8.39. The summed E-state index contributed by atoms with van der Waals surface area (Å²) in [5, 5.41) is 26.2. The number of hydrogen-bond donors (Lipinski definition) is 2. The Morgan fingerprint density at radius 3 is 2.61 bits per heavy atom. The Morgan fingerprint density at radius 1 is 1.18 bits per heavy atom. The van der Waals surface area contributed by atoms with Crippen LogP contribution in [0.2, 0.25) is 0 Å². The van der Waals surface area contributed by atoms with Gasteiger partial charge < -0.3 is 25.0 Å². The summed E-state index contributed by atoms with van der Waals surface area (Å²) in [6.45, 7) is 0.0374. The maximum atomic E-state index is 12.4. The van der Waals surface area contributed by atoms with Crippen LogP contribution in [0.25, 0.3) is 6.08 Å². The molecular formula is C18H16N3O7-. The molecule has 10 nitrogen and oxygen atoms in total. The fourth-order valence-electron chi connectivity index (χ4n) is 2.17. The average molecular weight is 386 g/mol. The minimum Gasteiger partial charge on any atom is -0.550 e. The van der Waals surface area contributed by atoms with Crippen molar-refractivity contribution < 1.29 is 28.8 Å². The molecule has 2 amide bonds. The second-order valence-corrected chi connectivity index (χ2v) is 5.57. The average Bonchev–Trinajstić information content (AvgIpc) is 3.19. The lowest BCUT2D eigenvalue weighted by atomic mass is 10.1. The van der Waals surface area contributed by atoms with Crippen molar-refractivity contribution >= 4 is 29.5 Å². The van der Waals surface area contributed by atoms with Crippen molar-refractivity contribution in [3.05, 3.63) is 69.8 Å². The lowest BCUT2D eigenvalue weighted by Crippen LogP contribution is -2.35. The Kier molecular flexibility index (Phi) is 7.03. The van der Waals surface area contributed by atoms with Crippen molar-refractivity contribution in [2.45, 2.75) is 12.8 Å². The van der Waals surface area contributed by atoms with Crippen LogP contribution in [0.1, 0.15) is 29.0 Å². The highest BCUT2D eigenvalue weighted by molar-refractivity contribution is 6.04. The molecule has 1 aromatic carbocycles. The summed E-state index contributed by atoms with van der Waals surface area (Å²) in [5.74, 6) is -2.65. The molecule has 0 saturated carbocycles. The minimum absolute atomic E-state index is 0.0327. The van der Waals surface area contributed by atoms with Crippen molar-refractivity contribution in [3.8, 4) is 0 Å². The molecule has 0 saturated heterocycles. The predicted molar refractivity (Wildman–Crippen MR) is 94.5 cm³/mol. The molecule has 2 aromatic rings. The van der Waals surface area contributed by atoms with Crippen LogP contribution in [0.3, 0.4) is 0 Å². The maximum absolute atomic E-state index is 12.4. The van der Waals surface area contributed by atoms with Gasteiger partial charge in [0.15, 0.2) is 5.76 Å². The van der Waals surface area contributed by atoms with E-state index < -0.39 is 22.7 Å². The van der Waals surface area contributed by atoms with Gasteiger partial charge >= 0.3 is 0 Å². The summed E-state index contributed by atoms with van der Waals surface area (Å²) in [5.41, 5.74) is -0.0518. The van der Waals surface area contributed by atoms with E-state index >= 15 is 0 Å². The van der Waals surface area contributed by atoms with Crippen LogP contribution in [0.5, 0.6) is 0 Å². The smallest absolute Gasteiger partial charge is 0.291 e. The molecule has 0 bridgehead atoms. The second-order valence-electron chi connectivity index (χ2n) is 5.57. The number of aliphatic carboxylic acids is 1. The summed E-state index contributed by atoms with van der Waals surface area (Å²) >= 11 is 0. The van der Waals surface area contributed by atoms with Crippen LogP contribution in [-0.4, -0.2) is 29.3 Å². The molecule has 10 heteroatoms. The molecule has 0 atom stereocenters. The first-order chi connectivity index (χ1) is 13.4. The van der Waals surface area contributed by atoms with E-state index in [0.29, 0.717) is 5.56 Å². The van der Waals surface area contributed by atoms with E-state index in [4.69, 9.17) is 4.42 Å². The third kappa shape index (κ3) is 6.09. The highest BCUT2D eigenvalue weighted by Crippen LogP contribution is 2.15. The summed E-state index contributed by atoms with van der Waals surface area (Å²) < 4.78 is 4.97. The van der Waals surface area contributed by atoms with E-state index in [1.807, 2.05) is 0 Å². The monoisotopic (exact) mass is 386 g/mol. The van der Waals surface area contributed by atoms with Crippen LogP contribution in [0.4, 0.5) is 5.69 Å². The molecule has 28 heavy (non-hydrogen) atoms. The Hall–Kier alpha value is -3.95. The molecule has 146 valence electrons. The molecule has 2 N–H and O–H groups in total. The topological polar surface area (TPSA) is 155 Å². The van der Waals surface area contributed by atoms with Crippen LogP contribution < -0.4 is 15.7 Å². The molecule has 1 aromatic heterocycles. The Morgan fingerprint density at radius 2 is 1.96 bits per heavy atom. The van der Waals surface area contributed by atoms with E-state index in [2.05, 4.69) is 10.6 Å². The SMILES string of the molecule is O=C([O-])CCCNC(=O)/C(=C\c1cccc([N+](=O)[O-])c1)NC(=O)c1ccco1. The first kappa shape index (κ1) is 20.4. The number of benzene rings is 1. The normalized spacial score (nSPS) is 10.9. The first-order valence-electron chi connectivity index (χ1n) is 8.16. The second kappa shape index (κ2) is 9.67. The van der Waals surface area contributed by atoms with Gasteiger partial charge in [-0.25, -0.2) is 0 Å². The van der Waals surface area contributed by atoms with Gasteiger partial charge in [-0.05, 0) is 36.6 Å². The largest absolute Gasteiger partial charge is 0.550 e. The van der Waals surface area contributed by atoms with Crippen LogP contribution >= 0.6 is 0 Å². The number of nitro groups is 1. The van der Waals surface area contributed by atoms with E-state index in [-0.39, 0.29) is 36.5 Å². The fourth-order valence-corrected chi connectivity index (χ4v) is 2.17. The number of carbonyl (C=O) groups excluding carboxylic acids is 3. The van der Waals surface area contributed by atoms with Crippen LogP contribution in [0.15, 0.2) is 52.8 Å². The lowest BCUT2D eigenvalue weighted by Gasteiger charge is -2.10. The first-order valence-corrected chi connectivity index (χ1v) is 8.16. The molecule has 2 rings (SSSR count). The highest BCUT2D eigenvalue weighted by Gasteiger charge is 2.16. The van der Waals surface area contributed by atoms with Gasteiger partial charge in [-0.2, -0.15) is 0 Å². The minimum atomic E-state index is -1.24. The van der Waals surface area contributed by atoms with Gasteiger partial charge in [0, 0.05) is 24.6 Å². The lowest BCUT2D eigenvalue weighted by molar-refractivity contribution is -0.384. The third-order valence-electron chi connectivity index (χ3n) is 3.47. The summed E-state index contributed by atoms with van der Waals surface area (Å²) in [7, 11) is 0. The van der Waals surface area contributed by atoms with E-state index in [1.165, 1.54) is 48.7 Å². The Labute approximate surface area is 159 Å². The van der Waals surface area contributed by atoms with Gasteiger partial charge in [-0.3, -0.25) is 19.7 Å². The summed E-state index contributed by atoms with van der Waals surface area (Å²) in [6.07, 6.45) is 2.47. The molecule has 0 aliphatic heterocycles. The van der Waals surface area contributed by atoms with Gasteiger partial charge in [-0.1, -0.05) is 12.1 Å². The highest BCUT2D eigenvalue weighted by atomic mass is 16.6. The standard InChI is InChI=1S/C18H17N3O7/c22-16(23)7-2-8-19-17(24)14(20-18(25)15-6-3-9-28-15)11-12-4-1-5-13(10-12)21(26)27/h1,3-6,9-11H,2,7-8H2,(H,19,24)(H,20,25)(H,22,23)/p-1/b14-11+. The fraction of sp³-hybridized carbons (Fsp3) is 0.167.